The summed E-state index contributed by atoms with van der Waals surface area (Å²) in [6, 6.07) is 0. The number of carbonyl (C=O) groups excluding carboxylic acids is 2. The molecule has 44 heavy (non-hydrogen) atoms. The van der Waals surface area contributed by atoms with E-state index in [-0.39, 0.29) is 11.6 Å². The molecule has 0 bridgehead atoms. The van der Waals surface area contributed by atoms with Crippen LogP contribution >= 0.6 is 0 Å². The van der Waals surface area contributed by atoms with Gasteiger partial charge in [-0.2, -0.15) is 0 Å². The summed E-state index contributed by atoms with van der Waals surface area (Å²) in [6.45, 7) is 7.84. The third-order valence-electron chi connectivity index (χ3n) is 9.63. The maximum Gasteiger partial charge on any atom is 0.160 e. The summed E-state index contributed by atoms with van der Waals surface area (Å²) in [7, 11) is 0. The summed E-state index contributed by atoms with van der Waals surface area (Å²) in [6.07, 6.45) is 38.8. The molecule has 0 aromatic carbocycles. The molecular weight excluding hydrogens is 542 g/mol. The molecule has 1 unspecified atom stereocenters. The Hall–Kier alpha value is -0.740. The highest BCUT2D eigenvalue weighted by atomic mass is 16.3. The summed E-state index contributed by atoms with van der Waals surface area (Å²) in [4.78, 5) is 26.3. The molecule has 2 N–H and O–H groups in total. The molecule has 0 radical (unpaired) electrons. The van der Waals surface area contributed by atoms with Gasteiger partial charge in [0.15, 0.2) is 11.6 Å². The summed E-state index contributed by atoms with van der Waals surface area (Å²) < 4.78 is 0. The van der Waals surface area contributed by atoms with Gasteiger partial charge in [0.1, 0.15) is 11.8 Å². The Bertz CT molecular complexity index is 586. The number of aliphatic hydroxyl groups is 1. The highest BCUT2D eigenvalue weighted by molar-refractivity contribution is 6.11. The van der Waals surface area contributed by atoms with Gasteiger partial charge in [-0.05, 0) is 26.7 Å². The zero-order valence-electron chi connectivity index (χ0n) is 30.5. The quantitative estimate of drug-likeness (QED) is 0.0415. The molecule has 0 aliphatic carbocycles. The van der Waals surface area contributed by atoms with Crippen LogP contribution in [0.2, 0.25) is 0 Å². The lowest BCUT2D eigenvalue weighted by molar-refractivity contribution is -0.137. The standard InChI is InChI=1S/C40H79NO3/c1-5-7-9-11-13-15-17-19-21-23-25-27-29-31-33-35-38(43)40(4,41-37(3)42)39(44)36-34-32-30-28-26-24-22-20-18-16-14-12-10-8-6-2/h37,41-42H,5-36H2,1-4H3. The molecule has 0 rings (SSSR count). The molecule has 0 aliphatic heterocycles. The van der Waals surface area contributed by atoms with Gasteiger partial charge in [0.25, 0.3) is 0 Å². The fourth-order valence-electron chi connectivity index (χ4n) is 6.55. The Balaban J connectivity index is 3.90. The van der Waals surface area contributed by atoms with E-state index in [1.165, 1.54) is 167 Å². The lowest BCUT2D eigenvalue weighted by Crippen LogP contribution is -2.58. The van der Waals surface area contributed by atoms with Gasteiger partial charge in [-0.15, -0.1) is 0 Å². The van der Waals surface area contributed by atoms with Crippen LogP contribution in [-0.4, -0.2) is 28.4 Å². The number of hydrogen-bond acceptors (Lipinski definition) is 4. The predicted octanol–water partition coefficient (Wildman–Crippen LogP) is 12.3. The zero-order chi connectivity index (χ0) is 32.6. The fraction of sp³-hybridized carbons (Fsp3) is 0.950. The van der Waals surface area contributed by atoms with E-state index in [2.05, 4.69) is 19.2 Å². The van der Waals surface area contributed by atoms with E-state index in [0.29, 0.717) is 12.8 Å². The van der Waals surface area contributed by atoms with E-state index in [1.54, 1.807) is 13.8 Å². The highest BCUT2D eigenvalue weighted by Crippen LogP contribution is 2.20. The molecular formula is C40H79NO3. The molecule has 0 saturated heterocycles. The normalized spacial score (nSPS) is 12.6. The van der Waals surface area contributed by atoms with Crippen LogP contribution in [0, 0.1) is 0 Å². The molecule has 0 spiro atoms. The zero-order valence-corrected chi connectivity index (χ0v) is 30.5. The van der Waals surface area contributed by atoms with Crippen molar-refractivity contribution >= 4 is 11.6 Å². The Morgan fingerprint density at radius 3 is 0.864 bits per heavy atom. The van der Waals surface area contributed by atoms with Crippen LogP contribution in [0.5, 0.6) is 0 Å². The molecule has 4 nitrogen and oxygen atoms in total. The largest absolute Gasteiger partial charge is 0.379 e. The molecule has 0 aliphatic rings. The predicted molar refractivity (Wildman–Crippen MR) is 192 cm³/mol. The van der Waals surface area contributed by atoms with Crippen LogP contribution in [0.15, 0.2) is 0 Å². The van der Waals surface area contributed by atoms with E-state index >= 15 is 0 Å². The lowest BCUT2D eigenvalue weighted by atomic mass is 9.85. The number of nitrogens with one attached hydrogen (secondary N) is 1. The monoisotopic (exact) mass is 622 g/mol. The number of Topliss-reactive ketones (excluding diaryl/α,β-unsaturated/α-hetero) is 2. The lowest BCUT2D eigenvalue weighted by Gasteiger charge is -2.30. The van der Waals surface area contributed by atoms with Gasteiger partial charge in [0.05, 0.1) is 0 Å². The maximum absolute atomic E-state index is 13.1. The maximum atomic E-state index is 13.1. The topological polar surface area (TPSA) is 66.4 Å². The molecule has 0 aromatic rings. The van der Waals surface area contributed by atoms with Gasteiger partial charge in [0.2, 0.25) is 0 Å². The average Bonchev–Trinajstić information content (AvgIpc) is 3.00. The first kappa shape index (κ1) is 43.3. The van der Waals surface area contributed by atoms with Crippen LogP contribution in [-0.2, 0) is 9.59 Å². The Labute approximate surface area is 276 Å². The second-order valence-corrected chi connectivity index (χ2v) is 14.2. The van der Waals surface area contributed by atoms with Gasteiger partial charge in [0, 0.05) is 12.8 Å². The van der Waals surface area contributed by atoms with Crippen LogP contribution in [0.3, 0.4) is 0 Å². The first-order valence-corrected chi connectivity index (χ1v) is 19.9. The van der Waals surface area contributed by atoms with E-state index in [1.807, 2.05) is 0 Å². The van der Waals surface area contributed by atoms with Crippen molar-refractivity contribution in [3.8, 4) is 0 Å². The van der Waals surface area contributed by atoms with Crippen LogP contribution in [0.4, 0.5) is 0 Å². The SMILES string of the molecule is CCCCCCCCCCCCCCCCCC(=O)C(C)(NC(C)O)C(=O)CCCCCCCCCCCCCCCCC. The van der Waals surface area contributed by atoms with Gasteiger partial charge in [-0.1, -0.05) is 194 Å². The van der Waals surface area contributed by atoms with E-state index in [4.69, 9.17) is 0 Å². The summed E-state index contributed by atoms with van der Waals surface area (Å²) in [5, 5.41) is 12.9. The third-order valence-corrected chi connectivity index (χ3v) is 9.63. The van der Waals surface area contributed by atoms with Crippen molar-refractivity contribution in [1.29, 1.82) is 0 Å². The second-order valence-electron chi connectivity index (χ2n) is 14.2. The minimum atomic E-state index is -1.26. The van der Waals surface area contributed by atoms with E-state index in [0.717, 1.165) is 25.7 Å². The smallest absolute Gasteiger partial charge is 0.160 e. The van der Waals surface area contributed by atoms with Crippen molar-refractivity contribution < 1.29 is 14.7 Å². The van der Waals surface area contributed by atoms with Crippen molar-refractivity contribution in [2.24, 2.45) is 0 Å². The molecule has 0 aromatic heterocycles. The summed E-state index contributed by atoms with van der Waals surface area (Å²) in [5.41, 5.74) is -1.26. The molecule has 0 amide bonds. The van der Waals surface area contributed by atoms with Crippen molar-refractivity contribution in [3.05, 3.63) is 0 Å². The van der Waals surface area contributed by atoms with E-state index in [9.17, 15) is 14.7 Å². The van der Waals surface area contributed by atoms with Crippen LogP contribution in [0.1, 0.15) is 233 Å². The first-order valence-electron chi connectivity index (χ1n) is 19.9. The van der Waals surface area contributed by atoms with Crippen molar-refractivity contribution in [1.82, 2.24) is 5.32 Å². The highest BCUT2D eigenvalue weighted by Gasteiger charge is 2.39. The molecule has 1 atom stereocenters. The molecule has 0 heterocycles. The number of ketones is 2. The number of carbonyl (C=O) groups is 2. The fourth-order valence-corrected chi connectivity index (χ4v) is 6.55. The Morgan fingerprint density at radius 2 is 0.659 bits per heavy atom. The molecule has 262 valence electrons. The number of aliphatic hydroxyl groups excluding tert-OH is 1. The van der Waals surface area contributed by atoms with Crippen LogP contribution < -0.4 is 5.32 Å². The van der Waals surface area contributed by atoms with Crippen molar-refractivity contribution in [3.63, 3.8) is 0 Å². The minimum Gasteiger partial charge on any atom is -0.379 e. The molecule has 4 heteroatoms. The average molecular weight is 622 g/mol. The van der Waals surface area contributed by atoms with Gasteiger partial charge in [-0.3, -0.25) is 14.9 Å². The summed E-state index contributed by atoms with van der Waals surface area (Å²) in [5.74, 6) is -0.113. The second kappa shape index (κ2) is 32.2. The molecule has 0 fully saturated rings. The first-order chi connectivity index (χ1) is 21.4. The van der Waals surface area contributed by atoms with E-state index < -0.39 is 11.8 Å². The number of rotatable bonds is 36. The minimum absolute atomic E-state index is 0.0564. The third kappa shape index (κ3) is 26.5. The Morgan fingerprint density at radius 1 is 0.455 bits per heavy atom. The van der Waals surface area contributed by atoms with Gasteiger partial charge >= 0.3 is 0 Å². The van der Waals surface area contributed by atoms with Gasteiger partial charge < -0.3 is 5.11 Å². The number of unbranched alkanes of at least 4 members (excludes halogenated alkanes) is 28. The van der Waals surface area contributed by atoms with Crippen molar-refractivity contribution in [2.45, 2.75) is 245 Å². The molecule has 0 saturated carbocycles. The van der Waals surface area contributed by atoms with Gasteiger partial charge in [-0.25, -0.2) is 0 Å². The number of hydrogen-bond donors (Lipinski definition) is 2. The summed E-state index contributed by atoms with van der Waals surface area (Å²) >= 11 is 0. The van der Waals surface area contributed by atoms with Crippen LogP contribution in [0.25, 0.3) is 0 Å². The van der Waals surface area contributed by atoms with Crippen molar-refractivity contribution in [2.75, 3.05) is 0 Å². The Kier molecular flexibility index (Phi) is 31.7.